The molecule has 156 valence electrons. The van der Waals surface area contributed by atoms with Crippen molar-refractivity contribution in [2.24, 2.45) is 0 Å². The summed E-state index contributed by atoms with van der Waals surface area (Å²) < 4.78 is 11.1. The molecule has 4 rings (SSSR count). The molecule has 5 nitrogen and oxygen atoms in total. The molecule has 1 amide bonds. The molecule has 0 aliphatic carbocycles. The van der Waals surface area contributed by atoms with Crippen LogP contribution in [-0.2, 0) is 4.74 Å². The van der Waals surface area contributed by atoms with Crippen LogP contribution < -0.4 is 5.43 Å². The average molecular weight is 446 g/mol. The third kappa shape index (κ3) is 3.41. The number of rotatable bonds is 5. The summed E-state index contributed by atoms with van der Waals surface area (Å²) in [6.07, 6.45) is 0.625. The molecule has 1 aliphatic rings. The fraction of sp³-hybridized carbons (Fsp3) is 0.304. The Kier molecular flexibility index (Phi) is 5.62. The van der Waals surface area contributed by atoms with Crippen LogP contribution in [0, 0.1) is 13.8 Å². The minimum Gasteiger partial charge on any atom is -0.450 e. The lowest BCUT2D eigenvalue weighted by atomic mass is 9.97. The molecule has 1 aliphatic heterocycles. The lowest BCUT2D eigenvalue weighted by molar-refractivity contribution is 0.0708. The van der Waals surface area contributed by atoms with Gasteiger partial charge >= 0.3 is 0 Å². The van der Waals surface area contributed by atoms with E-state index in [2.05, 4.69) is 0 Å². The number of carbonyl (C=O) groups excluding carboxylic acids is 1. The van der Waals surface area contributed by atoms with Gasteiger partial charge in [0.15, 0.2) is 5.43 Å². The fourth-order valence-electron chi connectivity index (χ4n) is 3.91. The molecule has 0 radical (unpaired) electrons. The van der Waals surface area contributed by atoms with E-state index >= 15 is 0 Å². The Morgan fingerprint density at radius 3 is 2.50 bits per heavy atom. The fourth-order valence-corrected chi connectivity index (χ4v) is 4.22. The van der Waals surface area contributed by atoms with Crippen LogP contribution in [0.5, 0.6) is 0 Å². The van der Waals surface area contributed by atoms with Crippen molar-refractivity contribution in [3.63, 3.8) is 0 Å². The van der Waals surface area contributed by atoms with Crippen molar-refractivity contribution in [1.82, 2.24) is 4.90 Å². The molecule has 2 heterocycles. The zero-order valence-electron chi connectivity index (χ0n) is 16.9. The molecule has 0 saturated carbocycles. The quantitative estimate of drug-likeness (QED) is 0.500. The molecule has 7 heteroatoms. The summed E-state index contributed by atoms with van der Waals surface area (Å²) in [5, 5.41) is 1.24. The van der Waals surface area contributed by atoms with E-state index < -0.39 is 6.04 Å². The first kappa shape index (κ1) is 20.9. The van der Waals surface area contributed by atoms with Gasteiger partial charge in [-0.2, -0.15) is 0 Å². The van der Waals surface area contributed by atoms with Gasteiger partial charge in [0.25, 0.3) is 5.91 Å². The topological polar surface area (TPSA) is 59.8 Å². The summed E-state index contributed by atoms with van der Waals surface area (Å²) in [6, 6.07) is 8.19. The van der Waals surface area contributed by atoms with Crippen LogP contribution in [-0.4, -0.2) is 31.1 Å². The van der Waals surface area contributed by atoms with Gasteiger partial charge in [0.05, 0.1) is 27.0 Å². The van der Waals surface area contributed by atoms with Crippen molar-refractivity contribution in [3.05, 3.63) is 78.6 Å². The van der Waals surface area contributed by atoms with E-state index in [4.69, 9.17) is 32.4 Å². The highest BCUT2D eigenvalue weighted by Crippen LogP contribution is 2.40. The Labute approximate surface area is 184 Å². The molecule has 3 aromatic rings. The molecule has 0 N–H and O–H groups in total. The molecule has 0 bridgehead atoms. The number of amides is 1. The van der Waals surface area contributed by atoms with Crippen LogP contribution in [0.25, 0.3) is 11.0 Å². The van der Waals surface area contributed by atoms with Gasteiger partial charge in [-0.25, -0.2) is 0 Å². The highest BCUT2D eigenvalue weighted by atomic mass is 35.5. The number of halogens is 2. The number of hydrogen-bond donors (Lipinski definition) is 0. The van der Waals surface area contributed by atoms with E-state index in [0.717, 1.165) is 11.1 Å². The Bertz CT molecular complexity index is 1220. The van der Waals surface area contributed by atoms with Gasteiger partial charge in [-0.1, -0.05) is 29.3 Å². The van der Waals surface area contributed by atoms with E-state index in [1.807, 2.05) is 19.9 Å². The number of methoxy groups -OCH3 is 1. The van der Waals surface area contributed by atoms with Crippen LogP contribution in [0.4, 0.5) is 0 Å². The third-order valence-electron chi connectivity index (χ3n) is 5.59. The van der Waals surface area contributed by atoms with Gasteiger partial charge in [-0.15, -0.1) is 0 Å². The van der Waals surface area contributed by atoms with Crippen molar-refractivity contribution < 1.29 is 13.9 Å². The van der Waals surface area contributed by atoms with Crippen LogP contribution in [0.15, 0.2) is 39.5 Å². The Morgan fingerprint density at radius 1 is 1.07 bits per heavy atom. The second kappa shape index (κ2) is 8.06. The summed E-state index contributed by atoms with van der Waals surface area (Å²) in [5.74, 6) is -0.223. The monoisotopic (exact) mass is 445 g/mol. The normalized spacial score (nSPS) is 15.8. The van der Waals surface area contributed by atoms with Crippen LogP contribution in [0.1, 0.15) is 45.3 Å². The smallest absolute Gasteiger partial charge is 0.290 e. The SMILES string of the molecule is COCCCN1C(=O)c2oc3cc(C)c(C)cc3c(=O)c2C1c1ccc(Cl)c(Cl)c1. The maximum absolute atomic E-state index is 13.5. The lowest BCUT2D eigenvalue weighted by Gasteiger charge is -2.25. The number of carbonyl (C=O) groups is 1. The third-order valence-corrected chi connectivity index (χ3v) is 6.33. The lowest BCUT2D eigenvalue weighted by Crippen LogP contribution is -2.31. The number of hydrogen-bond acceptors (Lipinski definition) is 4. The summed E-state index contributed by atoms with van der Waals surface area (Å²) in [6.45, 7) is 4.80. The second-order valence-electron chi connectivity index (χ2n) is 7.53. The van der Waals surface area contributed by atoms with E-state index in [0.29, 0.717) is 51.7 Å². The maximum atomic E-state index is 13.5. The van der Waals surface area contributed by atoms with E-state index in [1.54, 1.807) is 36.3 Å². The Hall–Kier alpha value is -2.34. The molecule has 1 aromatic heterocycles. The highest BCUT2D eigenvalue weighted by Gasteiger charge is 2.42. The number of ether oxygens (including phenoxy) is 1. The molecule has 30 heavy (non-hydrogen) atoms. The molecule has 0 saturated heterocycles. The zero-order valence-corrected chi connectivity index (χ0v) is 18.4. The van der Waals surface area contributed by atoms with Gasteiger partial charge in [-0.05, 0) is 61.2 Å². The summed E-state index contributed by atoms with van der Waals surface area (Å²) >= 11 is 12.3. The van der Waals surface area contributed by atoms with E-state index in [1.165, 1.54) is 0 Å². The first-order valence-electron chi connectivity index (χ1n) is 9.66. The van der Waals surface area contributed by atoms with Crippen molar-refractivity contribution >= 4 is 40.1 Å². The molecule has 0 fully saturated rings. The Balaban J connectivity index is 1.95. The van der Waals surface area contributed by atoms with Crippen LogP contribution in [0.3, 0.4) is 0 Å². The first-order valence-corrected chi connectivity index (χ1v) is 10.4. The standard InChI is InChI=1S/C23H21Cl2NO4/c1-12-9-15-18(10-13(12)2)30-22-19(21(15)27)20(14-5-6-16(24)17(25)11-14)26(23(22)28)7-4-8-29-3/h5-6,9-11,20H,4,7-8H2,1-3H3. The van der Waals surface area contributed by atoms with Crippen molar-refractivity contribution in [1.29, 1.82) is 0 Å². The zero-order chi connectivity index (χ0) is 21.6. The maximum Gasteiger partial charge on any atom is 0.290 e. The first-order chi connectivity index (χ1) is 14.3. The van der Waals surface area contributed by atoms with Gasteiger partial charge in [-0.3, -0.25) is 9.59 Å². The summed E-state index contributed by atoms with van der Waals surface area (Å²) in [7, 11) is 1.61. The van der Waals surface area contributed by atoms with E-state index in [9.17, 15) is 9.59 Å². The molecule has 2 aromatic carbocycles. The van der Waals surface area contributed by atoms with Gasteiger partial charge in [0.2, 0.25) is 5.76 Å². The predicted molar refractivity (Wildman–Crippen MR) is 118 cm³/mol. The van der Waals surface area contributed by atoms with Crippen molar-refractivity contribution in [3.8, 4) is 0 Å². The molecular formula is C23H21Cl2NO4. The summed E-state index contributed by atoms with van der Waals surface area (Å²) in [4.78, 5) is 28.4. The van der Waals surface area contributed by atoms with Crippen molar-refractivity contribution in [2.75, 3.05) is 20.3 Å². The van der Waals surface area contributed by atoms with E-state index in [-0.39, 0.29) is 17.1 Å². The number of fused-ring (bicyclic) bond motifs is 2. The Morgan fingerprint density at radius 2 is 1.80 bits per heavy atom. The largest absolute Gasteiger partial charge is 0.450 e. The van der Waals surface area contributed by atoms with Gasteiger partial charge < -0.3 is 14.1 Å². The molecule has 0 spiro atoms. The number of nitrogens with zero attached hydrogens (tertiary/aromatic N) is 1. The van der Waals surface area contributed by atoms with Gasteiger partial charge in [0.1, 0.15) is 5.58 Å². The summed E-state index contributed by atoms with van der Waals surface area (Å²) in [5.41, 5.74) is 3.25. The molecular weight excluding hydrogens is 425 g/mol. The minimum absolute atomic E-state index is 0.0873. The van der Waals surface area contributed by atoms with Gasteiger partial charge in [0, 0.05) is 20.3 Å². The van der Waals surface area contributed by atoms with Crippen LogP contribution >= 0.6 is 23.2 Å². The highest BCUT2D eigenvalue weighted by molar-refractivity contribution is 6.42. The molecule has 1 atom stereocenters. The predicted octanol–water partition coefficient (Wildman–Crippen LogP) is 5.30. The number of benzene rings is 2. The number of aryl methyl sites for hydroxylation is 2. The second-order valence-corrected chi connectivity index (χ2v) is 8.34. The molecule has 1 unspecified atom stereocenters. The minimum atomic E-state index is -0.596. The van der Waals surface area contributed by atoms with Crippen molar-refractivity contribution in [2.45, 2.75) is 26.3 Å². The van der Waals surface area contributed by atoms with Crippen LogP contribution in [0.2, 0.25) is 10.0 Å². The average Bonchev–Trinajstić information content (AvgIpc) is 2.98.